The van der Waals surface area contributed by atoms with E-state index in [9.17, 15) is 10.1 Å². The third kappa shape index (κ3) is 6.02. The number of thioether (sulfide) groups is 1. The molecule has 0 N–H and O–H groups in total. The van der Waals surface area contributed by atoms with E-state index in [4.69, 9.17) is 9.16 Å². The average molecular weight is 374 g/mol. The first-order valence-corrected chi connectivity index (χ1v) is 12.4. The van der Waals surface area contributed by atoms with E-state index in [0.717, 1.165) is 6.42 Å². The van der Waals surface area contributed by atoms with E-state index in [2.05, 4.69) is 33.9 Å². The van der Waals surface area contributed by atoms with Gasteiger partial charge in [-0.3, -0.25) is 10.1 Å². The van der Waals surface area contributed by atoms with Gasteiger partial charge in [-0.1, -0.05) is 39.0 Å². The first-order valence-electron chi connectivity index (χ1n) is 8.40. The Morgan fingerprint density at radius 2 is 2.04 bits per heavy atom. The molecule has 3 atom stereocenters. The Labute approximate surface area is 151 Å². The lowest BCUT2D eigenvalue weighted by atomic mass is 9.87. The van der Waals surface area contributed by atoms with Crippen LogP contribution in [0, 0.1) is 15.5 Å². The summed E-state index contributed by atoms with van der Waals surface area (Å²) in [6.45, 7) is 11.7. The highest BCUT2D eigenvalue weighted by molar-refractivity contribution is 8.00. The van der Waals surface area contributed by atoms with Crippen LogP contribution in [-0.4, -0.2) is 50.3 Å². The fraction of sp³-hybridized carbons (Fsp3) is 0.765. The molecule has 0 bridgehead atoms. The summed E-state index contributed by atoms with van der Waals surface area (Å²) in [6, 6.07) is -0.754. The molecule has 0 aromatic heterocycles. The Kier molecular flexibility index (Phi) is 8.18. The lowest BCUT2D eigenvalue weighted by molar-refractivity contribution is -0.513. The zero-order valence-electron chi connectivity index (χ0n) is 15.7. The summed E-state index contributed by atoms with van der Waals surface area (Å²) in [5, 5.41) is 11.4. The minimum absolute atomic E-state index is 0.0642. The van der Waals surface area contributed by atoms with E-state index in [-0.39, 0.29) is 16.4 Å². The predicted molar refractivity (Wildman–Crippen MR) is 104 cm³/mol. The zero-order valence-corrected chi connectivity index (χ0v) is 17.6. The van der Waals surface area contributed by atoms with Crippen LogP contribution in [0.1, 0.15) is 27.2 Å². The Morgan fingerprint density at radius 1 is 1.38 bits per heavy atom. The number of nitrogens with zero attached hydrogens (tertiary/aromatic N) is 1. The monoisotopic (exact) mass is 373 g/mol. The maximum absolute atomic E-state index is 11.4. The SMILES string of the molecule is CSC1(COCCC(O[SiH](C)C)C(C)(C)C)C=CC=CC1[N+](=O)[O-]. The maximum Gasteiger partial charge on any atom is 0.251 e. The lowest BCUT2D eigenvalue weighted by Crippen LogP contribution is -2.46. The summed E-state index contributed by atoms with van der Waals surface area (Å²) in [5.41, 5.74) is 0.0642. The van der Waals surface area contributed by atoms with Gasteiger partial charge in [-0.25, -0.2) is 0 Å². The molecule has 1 aliphatic carbocycles. The number of nitro groups is 1. The van der Waals surface area contributed by atoms with Crippen LogP contribution >= 0.6 is 11.8 Å². The molecule has 138 valence electrons. The van der Waals surface area contributed by atoms with Gasteiger partial charge in [0.25, 0.3) is 6.04 Å². The fourth-order valence-electron chi connectivity index (χ4n) is 2.73. The van der Waals surface area contributed by atoms with Gasteiger partial charge in [0, 0.05) is 11.5 Å². The van der Waals surface area contributed by atoms with Crippen molar-refractivity contribution < 1.29 is 14.1 Å². The van der Waals surface area contributed by atoms with Crippen LogP contribution in [0.3, 0.4) is 0 Å². The van der Waals surface area contributed by atoms with Gasteiger partial charge in [-0.15, -0.1) is 11.8 Å². The number of rotatable bonds is 9. The molecule has 0 amide bonds. The van der Waals surface area contributed by atoms with Crippen molar-refractivity contribution in [2.45, 2.75) is 57.2 Å². The van der Waals surface area contributed by atoms with Crippen molar-refractivity contribution >= 4 is 20.8 Å². The van der Waals surface area contributed by atoms with Gasteiger partial charge in [0.1, 0.15) is 4.75 Å². The Bertz CT molecular complexity index is 476. The van der Waals surface area contributed by atoms with Crippen molar-refractivity contribution in [3.8, 4) is 0 Å². The quantitative estimate of drug-likeness (QED) is 0.267. The van der Waals surface area contributed by atoms with Gasteiger partial charge >= 0.3 is 0 Å². The van der Waals surface area contributed by atoms with Crippen LogP contribution in [0.5, 0.6) is 0 Å². The van der Waals surface area contributed by atoms with Crippen molar-refractivity contribution in [2.75, 3.05) is 19.5 Å². The topological polar surface area (TPSA) is 61.6 Å². The van der Waals surface area contributed by atoms with E-state index in [1.807, 2.05) is 18.4 Å². The molecule has 1 aliphatic rings. The highest BCUT2D eigenvalue weighted by Gasteiger charge is 2.44. The van der Waals surface area contributed by atoms with Crippen LogP contribution < -0.4 is 0 Å². The second-order valence-electron chi connectivity index (χ2n) is 7.51. The Morgan fingerprint density at radius 3 is 2.54 bits per heavy atom. The highest BCUT2D eigenvalue weighted by atomic mass is 32.2. The molecular weight excluding hydrogens is 342 g/mol. The number of ether oxygens (including phenoxy) is 1. The minimum atomic E-state index is -1.12. The first-order chi connectivity index (χ1) is 11.1. The maximum atomic E-state index is 11.4. The summed E-state index contributed by atoms with van der Waals surface area (Å²) < 4.78 is 11.4. The molecular formula is C17H31NO4SSi. The molecule has 0 aliphatic heterocycles. The van der Waals surface area contributed by atoms with Gasteiger partial charge < -0.3 is 9.16 Å². The molecule has 0 fully saturated rings. The van der Waals surface area contributed by atoms with Gasteiger partial charge in [0.05, 0.1) is 12.7 Å². The summed E-state index contributed by atoms with van der Waals surface area (Å²) in [7, 11) is -1.12. The fourth-order valence-corrected chi connectivity index (χ4v) is 4.76. The zero-order chi connectivity index (χ0) is 18.4. The van der Waals surface area contributed by atoms with E-state index >= 15 is 0 Å². The van der Waals surface area contributed by atoms with E-state index in [1.165, 1.54) is 11.8 Å². The smallest absolute Gasteiger partial charge is 0.251 e. The largest absolute Gasteiger partial charge is 0.417 e. The second kappa shape index (κ2) is 9.17. The summed E-state index contributed by atoms with van der Waals surface area (Å²) >= 11 is 1.48. The second-order valence-corrected chi connectivity index (χ2v) is 11.1. The lowest BCUT2D eigenvalue weighted by Gasteiger charge is -2.34. The highest BCUT2D eigenvalue weighted by Crippen LogP contribution is 2.34. The standard InChI is InChI=1S/C17H31NO4SSi/c1-16(2,3)15(22-24(5)6)10-12-21-13-17(23-4)11-8-7-9-14(17)18(19)20/h7-9,11,14-15,24H,10,12-13H2,1-6H3. The van der Waals surface area contributed by atoms with Crippen molar-refractivity contribution in [1.29, 1.82) is 0 Å². The van der Waals surface area contributed by atoms with Crippen molar-refractivity contribution in [2.24, 2.45) is 5.41 Å². The van der Waals surface area contributed by atoms with Crippen molar-refractivity contribution in [3.63, 3.8) is 0 Å². The number of hydrogen-bond acceptors (Lipinski definition) is 5. The third-order valence-corrected chi connectivity index (χ3v) is 6.27. The molecule has 1 rings (SSSR count). The molecule has 0 radical (unpaired) electrons. The Balaban J connectivity index is 2.62. The van der Waals surface area contributed by atoms with Crippen LogP contribution in [-0.2, 0) is 9.16 Å². The first kappa shape index (κ1) is 21.4. The van der Waals surface area contributed by atoms with Crippen molar-refractivity contribution in [1.82, 2.24) is 0 Å². The van der Waals surface area contributed by atoms with Gasteiger partial charge in [-0.05, 0) is 37.3 Å². The van der Waals surface area contributed by atoms with Crippen LogP contribution in [0.2, 0.25) is 13.1 Å². The number of allylic oxidation sites excluding steroid dienone is 2. The number of hydrogen-bond donors (Lipinski definition) is 0. The third-order valence-electron chi connectivity index (χ3n) is 4.15. The molecule has 3 unspecified atom stereocenters. The van der Waals surface area contributed by atoms with Crippen molar-refractivity contribution in [3.05, 3.63) is 34.4 Å². The molecule has 0 saturated heterocycles. The summed E-state index contributed by atoms with van der Waals surface area (Å²) in [6.07, 6.45) is 10.00. The molecule has 24 heavy (non-hydrogen) atoms. The molecule has 0 saturated carbocycles. The molecule has 0 spiro atoms. The van der Waals surface area contributed by atoms with Gasteiger partial charge in [0.15, 0.2) is 9.04 Å². The van der Waals surface area contributed by atoms with Gasteiger partial charge in [-0.2, -0.15) is 0 Å². The van der Waals surface area contributed by atoms with Crippen LogP contribution in [0.4, 0.5) is 0 Å². The molecule has 7 heteroatoms. The predicted octanol–water partition coefficient (Wildman–Crippen LogP) is 3.68. The average Bonchev–Trinajstić information content (AvgIpc) is 2.49. The van der Waals surface area contributed by atoms with Crippen LogP contribution in [0.15, 0.2) is 24.3 Å². The minimum Gasteiger partial charge on any atom is -0.417 e. The normalized spacial score (nSPS) is 25.2. The summed E-state index contributed by atoms with van der Waals surface area (Å²) in [5.74, 6) is 0. The van der Waals surface area contributed by atoms with Gasteiger partial charge in [0.2, 0.25) is 0 Å². The molecule has 5 nitrogen and oxygen atoms in total. The Hall–Kier alpha value is -0.633. The molecule has 0 aromatic carbocycles. The van der Waals surface area contributed by atoms with E-state index < -0.39 is 19.8 Å². The summed E-state index contributed by atoms with van der Waals surface area (Å²) in [4.78, 5) is 11.1. The van der Waals surface area contributed by atoms with E-state index in [1.54, 1.807) is 12.2 Å². The van der Waals surface area contributed by atoms with Crippen LogP contribution in [0.25, 0.3) is 0 Å². The molecule has 0 heterocycles. The molecule has 0 aromatic rings. The van der Waals surface area contributed by atoms with E-state index in [0.29, 0.717) is 13.2 Å².